The van der Waals surface area contributed by atoms with Gasteiger partial charge in [0, 0.05) is 18.6 Å². The van der Waals surface area contributed by atoms with Crippen molar-refractivity contribution in [2.45, 2.75) is 58.7 Å². The minimum atomic E-state index is -0.410. The lowest BCUT2D eigenvalue weighted by Gasteiger charge is -2.28. The van der Waals surface area contributed by atoms with E-state index in [-0.39, 0.29) is 12.1 Å². The molecule has 1 saturated heterocycles. The van der Waals surface area contributed by atoms with Crippen LogP contribution in [-0.4, -0.2) is 41.8 Å². The number of nitrogens with zero attached hydrogens (tertiary/aromatic N) is 1. The minimum Gasteiger partial charge on any atom is -0.444 e. The molecule has 0 radical (unpaired) electrons. The molecule has 1 heterocycles. The first-order valence-electron chi connectivity index (χ1n) is 6.08. The van der Waals surface area contributed by atoms with E-state index < -0.39 is 5.60 Å². The van der Waals surface area contributed by atoms with Gasteiger partial charge in [0.1, 0.15) is 5.60 Å². The van der Waals surface area contributed by atoms with Gasteiger partial charge in [0.2, 0.25) is 0 Å². The molecule has 2 atom stereocenters. The van der Waals surface area contributed by atoms with Gasteiger partial charge in [-0.15, -0.1) is 0 Å². The summed E-state index contributed by atoms with van der Waals surface area (Å²) in [7, 11) is 0. The van der Waals surface area contributed by atoms with Gasteiger partial charge in [-0.3, -0.25) is 0 Å². The number of ether oxygens (including phenoxy) is 1. The molecule has 0 aromatic heterocycles. The van der Waals surface area contributed by atoms with Gasteiger partial charge < -0.3 is 15.0 Å². The summed E-state index contributed by atoms with van der Waals surface area (Å²) in [6, 6.07) is 0.618. The van der Waals surface area contributed by atoms with Gasteiger partial charge in [-0.2, -0.15) is 0 Å². The molecule has 1 aliphatic rings. The van der Waals surface area contributed by atoms with Gasteiger partial charge in [0.15, 0.2) is 0 Å². The van der Waals surface area contributed by atoms with Crippen LogP contribution < -0.4 is 5.32 Å². The number of nitrogens with one attached hydrogen (secondary N) is 1. The van der Waals surface area contributed by atoms with Crippen molar-refractivity contribution in [2.24, 2.45) is 0 Å². The summed E-state index contributed by atoms with van der Waals surface area (Å²) < 4.78 is 5.38. The van der Waals surface area contributed by atoms with Crippen molar-refractivity contribution in [3.8, 4) is 0 Å². The van der Waals surface area contributed by atoms with Crippen LogP contribution in [0.4, 0.5) is 4.79 Å². The molecule has 0 spiro atoms. The van der Waals surface area contributed by atoms with Crippen molar-refractivity contribution in [1.82, 2.24) is 10.2 Å². The third kappa shape index (κ3) is 3.37. The Kier molecular flexibility index (Phi) is 4.19. The Hall–Kier alpha value is -0.770. The average Bonchev–Trinajstić information content (AvgIpc) is 2.46. The summed E-state index contributed by atoms with van der Waals surface area (Å²) in [4.78, 5) is 13.7. The van der Waals surface area contributed by atoms with E-state index in [9.17, 15) is 4.79 Å². The Morgan fingerprint density at radius 2 is 2.12 bits per heavy atom. The van der Waals surface area contributed by atoms with E-state index in [1.54, 1.807) is 0 Å². The van der Waals surface area contributed by atoms with Gasteiger partial charge in [-0.05, 0) is 40.7 Å². The third-order valence-corrected chi connectivity index (χ3v) is 2.85. The number of hydrogen-bond acceptors (Lipinski definition) is 3. The molecule has 2 unspecified atom stereocenters. The zero-order valence-electron chi connectivity index (χ0n) is 11.0. The number of hydrogen-bond donors (Lipinski definition) is 1. The first kappa shape index (κ1) is 13.3. The van der Waals surface area contributed by atoms with Gasteiger partial charge in [-0.1, -0.05) is 6.92 Å². The highest BCUT2D eigenvalue weighted by Crippen LogP contribution is 2.20. The summed E-state index contributed by atoms with van der Waals surface area (Å²) in [5.74, 6) is 0. The van der Waals surface area contributed by atoms with E-state index in [1.165, 1.54) is 0 Å². The minimum absolute atomic E-state index is 0.194. The first-order valence-corrected chi connectivity index (χ1v) is 6.08. The first-order chi connectivity index (χ1) is 7.35. The lowest BCUT2D eigenvalue weighted by Crippen LogP contribution is -2.44. The van der Waals surface area contributed by atoms with Crippen molar-refractivity contribution in [2.75, 3.05) is 13.1 Å². The Morgan fingerprint density at radius 3 is 2.62 bits per heavy atom. The number of rotatable bonds is 2. The van der Waals surface area contributed by atoms with E-state index in [4.69, 9.17) is 4.74 Å². The third-order valence-electron chi connectivity index (χ3n) is 2.85. The monoisotopic (exact) mass is 228 g/mol. The number of carbonyl (C=O) groups is 1. The number of likely N-dealkylation sites (N-methyl/N-ethyl adjacent to an activating group) is 1. The molecule has 1 amide bonds. The van der Waals surface area contributed by atoms with Gasteiger partial charge in [0.25, 0.3) is 0 Å². The van der Waals surface area contributed by atoms with Crippen LogP contribution in [0.2, 0.25) is 0 Å². The molecule has 1 rings (SSSR count). The second-order valence-electron chi connectivity index (χ2n) is 5.37. The summed E-state index contributed by atoms with van der Waals surface area (Å²) in [5, 5.41) is 3.39. The van der Waals surface area contributed by atoms with E-state index in [1.807, 2.05) is 25.7 Å². The number of carbonyl (C=O) groups excluding carboxylic acids is 1. The predicted molar refractivity (Wildman–Crippen MR) is 64.5 cm³/mol. The highest BCUT2D eigenvalue weighted by Gasteiger charge is 2.35. The van der Waals surface area contributed by atoms with E-state index >= 15 is 0 Å². The molecular formula is C12H24N2O2. The quantitative estimate of drug-likeness (QED) is 0.786. The van der Waals surface area contributed by atoms with Crippen molar-refractivity contribution < 1.29 is 9.53 Å². The van der Waals surface area contributed by atoms with E-state index in [0.29, 0.717) is 6.04 Å². The molecule has 4 heteroatoms. The molecule has 0 aromatic carbocycles. The van der Waals surface area contributed by atoms with Crippen LogP contribution in [0.25, 0.3) is 0 Å². The predicted octanol–water partition coefficient (Wildman–Crippen LogP) is 1.99. The Bertz CT molecular complexity index is 248. The largest absolute Gasteiger partial charge is 0.444 e. The molecule has 0 saturated carbocycles. The average molecular weight is 228 g/mol. The molecule has 94 valence electrons. The van der Waals surface area contributed by atoms with Crippen LogP contribution in [0.5, 0.6) is 0 Å². The molecule has 0 bridgehead atoms. The second kappa shape index (κ2) is 5.04. The molecular weight excluding hydrogens is 204 g/mol. The van der Waals surface area contributed by atoms with E-state index in [2.05, 4.69) is 19.2 Å². The fourth-order valence-electron chi connectivity index (χ4n) is 2.05. The summed E-state index contributed by atoms with van der Waals surface area (Å²) in [6.45, 7) is 11.6. The Balaban J connectivity index is 2.53. The normalized spacial score (nSPS) is 25.9. The van der Waals surface area contributed by atoms with Crippen molar-refractivity contribution >= 4 is 6.09 Å². The summed E-state index contributed by atoms with van der Waals surface area (Å²) in [5.41, 5.74) is -0.410. The van der Waals surface area contributed by atoms with Crippen LogP contribution in [0.15, 0.2) is 0 Å². The molecule has 0 aromatic rings. The van der Waals surface area contributed by atoms with Crippen LogP contribution in [-0.2, 0) is 4.74 Å². The van der Waals surface area contributed by atoms with Crippen LogP contribution in [0.1, 0.15) is 41.0 Å². The van der Waals surface area contributed by atoms with Crippen LogP contribution >= 0.6 is 0 Å². The molecule has 16 heavy (non-hydrogen) atoms. The van der Waals surface area contributed by atoms with E-state index in [0.717, 1.165) is 19.5 Å². The van der Waals surface area contributed by atoms with Crippen LogP contribution in [0.3, 0.4) is 0 Å². The lowest BCUT2D eigenvalue weighted by molar-refractivity contribution is 0.0230. The zero-order chi connectivity index (χ0) is 12.3. The fourth-order valence-corrected chi connectivity index (χ4v) is 2.05. The van der Waals surface area contributed by atoms with Crippen molar-refractivity contribution in [3.05, 3.63) is 0 Å². The summed E-state index contributed by atoms with van der Waals surface area (Å²) in [6.07, 6.45) is 0.814. The van der Waals surface area contributed by atoms with Gasteiger partial charge >= 0.3 is 6.09 Å². The number of likely N-dealkylation sites (tertiary alicyclic amines) is 1. The van der Waals surface area contributed by atoms with Gasteiger partial charge in [-0.25, -0.2) is 4.79 Å². The molecule has 1 aliphatic heterocycles. The Morgan fingerprint density at radius 1 is 1.50 bits per heavy atom. The summed E-state index contributed by atoms with van der Waals surface area (Å²) >= 11 is 0. The molecule has 0 aliphatic carbocycles. The SMILES string of the molecule is CCNC1CCN(C(=O)OC(C)(C)C)C1C. The highest BCUT2D eigenvalue weighted by molar-refractivity contribution is 5.69. The maximum absolute atomic E-state index is 11.9. The van der Waals surface area contributed by atoms with Crippen LogP contribution in [0, 0.1) is 0 Å². The fraction of sp³-hybridized carbons (Fsp3) is 0.917. The topological polar surface area (TPSA) is 41.6 Å². The molecule has 1 N–H and O–H groups in total. The molecule has 1 fully saturated rings. The standard InChI is InChI=1S/C12H24N2O2/c1-6-13-10-7-8-14(9(10)2)11(15)16-12(3,4)5/h9-10,13H,6-8H2,1-5H3. The maximum Gasteiger partial charge on any atom is 0.410 e. The maximum atomic E-state index is 11.9. The molecule has 4 nitrogen and oxygen atoms in total. The zero-order valence-corrected chi connectivity index (χ0v) is 11.0. The smallest absolute Gasteiger partial charge is 0.410 e. The van der Waals surface area contributed by atoms with Crippen molar-refractivity contribution in [1.29, 1.82) is 0 Å². The second-order valence-corrected chi connectivity index (χ2v) is 5.37. The Labute approximate surface area is 98.3 Å². The lowest BCUT2D eigenvalue weighted by atomic mass is 10.1. The number of amides is 1. The van der Waals surface area contributed by atoms with Crippen molar-refractivity contribution in [3.63, 3.8) is 0 Å². The van der Waals surface area contributed by atoms with Gasteiger partial charge in [0.05, 0.1) is 0 Å². The highest BCUT2D eigenvalue weighted by atomic mass is 16.6.